The van der Waals surface area contributed by atoms with Gasteiger partial charge in [-0.25, -0.2) is 0 Å². The molecule has 0 atom stereocenters. The molecule has 0 saturated heterocycles. The molecule has 0 saturated carbocycles. The smallest absolute Gasteiger partial charge is 0.505 e. The lowest BCUT2D eigenvalue weighted by Gasteiger charge is -2.29. The van der Waals surface area contributed by atoms with Crippen LogP contribution >= 0.6 is 0 Å². The number of rotatable bonds is 13. The number of nitrogens with zero attached hydrogens (tertiary/aromatic N) is 1. The maximum Gasteiger partial charge on any atom is 0.565 e. The van der Waals surface area contributed by atoms with Crippen molar-refractivity contribution in [2.45, 2.75) is 46.1 Å². The van der Waals surface area contributed by atoms with Crippen molar-refractivity contribution < 1.29 is 13.3 Å². The van der Waals surface area contributed by atoms with Gasteiger partial charge in [-0.3, -0.25) is 0 Å². The topological polar surface area (TPSA) is 57.0 Å². The molecule has 0 aliphatic carbocycles. The highest BCUT2D eigenvalue weighted by Crippen LogP contribution is 2.21. The third kappa shape index (κ3) is 10.0. The Bertz CT molecular complexity index is 280. The van der Waals surface area contributed by atoms with E-state index in [-0.39, 0.29) is 0 Å². The van der Waals surface area contributed by atoms with Gasteiger partial charge in [0, 0.05) is 19.3 Å². The lowest BCUT2D eigenvalue weighted by atomic mass is 10.3. The van der Waals surface area contributed by atoms with E-state index < -0.39 is 8.80 Å². The van der Waals surface area contributed by atoms with E-state index in [4.69, 9.17) is 19.0 Å². The maximum absolute atomic E-state index is 6.11. The second-order valence-electron chi connectivity index (χ2n) is 5.30. The first-order valence-corrected chi connectivity index (χ1v) is 9.91. The summed E-state index contributed by atoms with van der Waals surface area (Å²) in [6.45, 7) is 8.85. The average Bonchev–Trinajstić information content (AvgIpc) is 2.42. The summed E-state index contributed by atoms with van der Waals surface area (Å²) in [5.41, 5.74) is 5.62. The highest BCUT2D eigenvalue weighted by Gasteiger charge is 2.42. The first-order valence-electron chi connectivity index (χ1n) is 7.98. The van der Waals surface area contributed by atoms with E-state index in [1.165, 1.54) is 0 Å². The SMILES string of the molecule is CCO[Si](CCCN)(OCC)OC(C)=CCCCN(C)C. The zero-order valence-corrected chi connectivity index (χ0v) is 15.5. The molecule has 0 bridgehead atoms. The number of unbranched alkanes of at least 4 members (excludes halogenated alkanes) is 1. The van der Waals surface area contributed by atoms with E-state index in [1.54, 1.807) is 0 Å². The summed E-state index contributed by atoms with van der Waals surface area (Å²) in [4.78, 5) is 2.19. The first kappa shape index (κ1) is 20.6. The average molecular weight is 319 g/mol. The lowest BCUT2D eigenvalue weighted by molar-refractivity contribution is 0.0911. The van der Waals surface area contributed by atoms with Crippen molar-refractivity contribution in [3.05, 3.63) is 11.8 Å². The molecule has 0 rings (SSSR count). The molecule has 0 fully saturated rings. The summed E-state index contributed by atoms with van der Waals surface area (Å²) in [6, 6.07) is 0.772. The monoisotopic (exact) mass is 318 g/mol. The maximum atomic E-state index is 6.11. The largest absolute Gasteiger partial charge is 0.565 e. The van der Waals surface area contributed by atoms with E-state index in [2.05, 4.69) is 25.1 Å². The van der Waals surface area contributed by atoms with E-state index in [0.717, 1.165) is 37.6 Å². The van der Waals surface area contributed by atoms with Crippen LogP contribution in [0.5, 0.6) is 0 Å². The summed E-state index contributed by atoms with van der Waals surface area (Å²) in [6.07, 6.45) is 5.11. The minimum absolute atomic E-state index is 0.602. The molecule has 2 N–H and O–H groups in total. The fourth-order valence-corrected chi connectivity index (χ4v) is 4.74. The van der Waals surface area contributed by atoms with Crippen molar-refractivity contribution in [3.8, 4) is 0 Å². The molecule has 0 aromatic heterocycles. The predicted molar refractivity (Wildman–Crippen MR) is 90.1 cm³/mol. The van der Waals surface area contributed by atoms with Gasteiger partial charge < -0.3 is 23.9 Å². The molecule has 0 radical (unpaired) electrons. The van der Waals surface area contributed by atoms with E-state index in [0.29, 0.717) is 19.8 Å². The predicted octanol–water partition coefficient (Wildman–Crippen LogP) is 2.61. The van der Waals surface area contributed by atoms with Crippen LogP contribution in [0.2, 0.25) is 6.04 Å². The zero-order valence-electron chi connectivity index (χ0n) is 14.5. The fourth-order valence-electron chi connectivity index (χ4n) is 2.05. The first-order chi connectivity index (χ1) is 9.99. The number of hydrogen-bond donors (Lipinski definition) is 1. The molecule has 0 aromatic carbocycles. The van der Waals surface area contributed by atoms with Crippen LogP contribution in [-0.4, -0.2) is 54.1 Å². The van der Waals surface area contributed by atoms with Gasteiger partial charge in [0.05, 0.1) is 5.76 Å². The molecule has 0 heterocycles. The van der Waals surface area contributed by atoms with E-state index >= 15 is 0 Å². The molecule has 0 unspecified atom stereocenters. The molecule has 5 nitrogen and oxygen atoms in total. The van der Waals surface area contributed by atoms with Crippen LogP contribution < -0.4 is 5.73 Å². The Labute approximate surface area is 131 Å². The second kappa shape index (κ2) is 12.2. The standard InChI is InChI=1S/C15H34N2O3Si/c1-6-18-21(19-7-2,14-10-12-16)20-15(3)11-8-9-13-17(4)5/h11H,6-10,12-14,16H2,1-5H3. The Kier molecular flexibility index (Phi) is 11.9. The Morgan fingerprint density at radius 3 is 2.24 bits per heavy atom. The Hall–Kier alpha value is -0.403. The minimum atomic E-state index is -2.62. The minimum Gasteiger partial charge on any atom is -0.505 e. The molecule has 0 aliphatic heterocycles. The molecule has 21 heavy (non-hydrogen) atoms. The Balaban J connectivity index is 4.56. The van der Waals surface area contributed by atoms with Gasteiger partial charge in [-0.15, -0.1) is 0 Å². The van der Waals surface area contributed by atoms with Crippen LogP contribution in [0.3, 0.4) is 0 Å². The molecular weight excluding hydrogens is 284 g/mol. The van der Waals surface area contributed by atoms with Crippen molar-refractivity contribution in [1.29, 1.82) is 0 Å². The Morgan fingerprint density at radius 1 is 1.14 bits per heavy atom. The highest BCUT2D eigenvalue weighted by molar-refractivity contribution is 6.61. The van der Waals surface area contributed by atoms with Gasteiger partial charge in [0.1, 0.15) is 0 Å². The van der Waals surface area contributed by atoms with Crippen molar-refractivity contribution in [3.63, 3.8) is 0 Å². The summed E-state index contributed by atoms with van der Waals surface area (Å²) in [5.74, 6) is 0.902. The summed E-state index contributed by atoms with van der Waals surface area (Å²) in [7, 11) is 1.55. The van der Waals surface area contributed by atoms with E-state index in [1.807, 2.05) is 20.8 Å². The van der Waals surface area contributed by atoms with Crippen LogP contribution in [0, 0.1) is 0 Å². The van der Waals surface area contributed by atoms with Gasteiger partial charge in [-0.1, -0.05) is 0 Å². The normalized spacial score (nSPS) is 13.0. The van der Waals surface area contributed by atoms with Crippen molar-refractivity contribution in [2.24, 2.45) is 5.73 Å². The molecule has 0 aliphatic rings. The van der Waals surface area contributed by atoms with Gasteiger partial charge >= 0.3 is 8.80 Å². The molecule has 0 spiro atoms. The lowest BCUT2D eigenvalue weighted by Crippen LogP contribution is -2.45. The number of hydrogen-bond acceptors (Lipinski definition) is 5. The molecule has 126 valence electrons. The fraction of sp³-hybridized carbons (Fsp3) is 0.867. The third-order valence-electron chi connectivity index (χ3n) is 2.97. The Morgan fingerprint density at radius 2 is 1.76 bits per heavy atom. The van der Waals surface area contributed by atoms with Gasteiger partial charge in [-0.2, -0.15) is 0 Å². The van der Waals surface area contributed by atoms with Gasteiger partial charge in [0.15, 0.2) is 0 Å². The quantitative estimate of drug-likeness (QED) is 0.321. The van der Waals surface area contributed by atoms with Gasteiger partial charge in [0.25, 0.3) is 0 Å². The zero-order chi connectivity index (χ0) is 16.1. The van der Waals surface area contributed by atoms with E-state index in [9.17, 15) is 0 Å². The summed E-state index contributed by atoms with van der Waals surface area (Å²) < 4.78 is 17.9. The highest BCUT2D eigenvalue weighted by atomic mass is 28.4. The number of nitrogens with two attached hydrogens (primary N) is 1. The molecular formula is C15H34N2O3Si. The van der Waals surface area contributed by atoms with Crippen LogP contribution in [0.25, 0.3) is 0 Å². The van der Waals surface area contributed by atoms with Crippen LogP contribution in [0.15, 0.2) is 11.8 Å². The summed E-state index contributed by atoms with van der Waals surface area (Å²) in [5, 5.41) is 0. The van der Waals surface area contributed by atoms with Crippen molar-refractivity contribution in [1.82, 2.24) is 4.90 Å². The second-order valence-corrected chi connectivity index (χ2v) is 7.95. The molecule has 0 aromatic rings. The van der Waals surface area contributed by atoms with Crippen LogP contribution in [0.4, 0.5) is 0 Å². The van der Waals surface area contributed by atoms with Gasteiger partial charge in [0.2, 0.25) is 0 Å². The molecule has 6 heteroatoms. The van der Waals surface area contributed by atoms with Crippen LogP contribution in [-0.2, 0) is 13.3 Å². The third-order valence-corrected chi connectivity index (χ3v) is 6.03. The van der Waals surface area contributed by atoms with Crippen molar-refractivity contribution >= 4 is 8.80 Å². The summed E-state index contributed by atoms with van der Waals surface area (Å²) >= 11 is 0. The van der Waals surface area contributed by atoms with Gasteiger partial charge in [-0.05, 0) is 73.3 Å². The number of allylic oxidation sites excluding steroid dienone is 2. The molecule has 0 amide bonds. The van der Waals surface area contributed by atoms with Crippen molar-refractivity contribution in [2.75, 3.05) is 40.4 Å². The van der Waals surface area contributed by atoms with Crippen LogP contribution in [0.1, 0.15) is 40.0 Å².